The Balaban J connectivity index is 1.78. The number of carbonyl (C=O) groups is 1. The third-order valence-corrected chi connectivity index (χ3v) is 4.88. The van der Waals surface area contributed by atoms with Gasteiger partial charge in [-0.1, -0.05) is 28.1 Å². The van der Waals surface area contributed by atoms with Crippen molar-refractivity contribution in [2.24, 2.45) is 0 Å². The number of nitrogens with zero attached hydrogens (tertiary/aromatic N) is 2. The lowest BCUT2D eigenvalue weighted by atomic mass is 10.2. The number of amides is 1. The maximum absolute atomic E-state index is 13.0. The molecule has 0 bridgehead atoms. The Labute approximate surface area is 176 Å². The second-order valence-electron chi connectivity index (χ2n) is 6.50. The van der Waals surface area contributed by atoms with Crippen LogP contribution in [0.25, 0.3) is 10.9 Å². The van der Waals surface area contributed by atoms with E-state index in [-0.39, 0.29) is 18.0 Å². The Kier molecular flexibility index (Phi) is 7.00. The van der Waals surface area contributed by atoms with E-state index in [1.165, 1.54) is 0 Å². The van der Waals surface area contributed by atoms with Gasteiger partial charge in [-0.2, -0.15) is 0 Å². The molecule has 0 aliphatic rings. The number of benzene rings is 2. The number of carbonyl (C=O) groups excluding carboxylic acids is 1. The summed E-state index contributed by atoms with van der Waals surface area (Å²) in [4.78, 5) is 34.1. The quantitative estimate of drug-likeness (QED) is 0.559. The Morgan fingerprint density at radius 1 is 1.21 bits per heavy atom. The predicted octanol–water partition coefficient (Wildman–Crippen LogP) is 3.13. The van der Waals surface area contributed by atoms with Crippen LogP contribution in [-0.4, -0.2) is 47.1 Å². The first kappa shape index (κ1) is 21.0. The molecule has 0 spiro atoms. The van der Waals surface area contributed by atoms with Gasteiger partial charge in [-0.3, -0.25) is 9.59 Å². The second kappa shape index (κ2) is 9.67. The van der Waals surface area contributed by atoms with E-state index in [1.54, 1.807) is 49.3 Å². The maximum atomic E-state index is 13.0. The summed E-state index contributed by atoms with van der Waals surface area (Å²) < 4.78 is 11.8. The molecule has 7 nitrogen and oxygen atoms in total. The molecule has 1 N–H and O–H groups in total. The smallest absolute Gasteiger partial charge is 0.263 e. The molecule has 8 heteroatoms. The van der Waals surface area contributed by atoms with Crippen LogP contribution in [0.5, 0.6) is 5.75 Å². The van der Waals surface area contributed by atoms with Gasteiger partial charge in [0.15, 0.2) is 6.10 Å². The SMILES string of the molecule is COCCN(Cc1nc2ccccc2c(=O)[nH]1)C(=O)C(C)Oc1ccc(Br)cc1. The standard InChI is InChI=1S/C21H22BrN3O4/c1-14(29-16-9-7-15(22)8-10-16)21(27)25(11-12-28-2)13-19-23-18-6-4-3-5-17(18)20(26)24-19/h3-10,14H,11-13H2,1-2H3,(H,23,24,26). The zero-order valence-electron chi connectivity index (χ0n) is 16.2. The van der Waals surface area contributed by atoms with Crippen LogP contribution in [0.2, 0.25) is 0 Å². The van der Waals surface area contributed by atoms with Crippen LogP contribution < -0.4 is 10.3 Å². The normalized spacial score (nSPS) is 12.0. The summed E-state index contributed by atoms with van der Waals surface area (Å²) in [6, 6.07) is 14.4. The van der Waals surface area contributed by atoms with Gasteiger partial charge < -0.3 is 19.4 Å². The first-order valence-corrected chi connectivity index (χ1v) is 9.95. The third kappa shape index (κ3) is 5.42. The van der Waals surface area contributed by atoms with E-state index in [1.807, 2.05) is 18.2 Å². The highest BCUT2D eigenvalue weighted by atomic mass is 79.9. The summed E-state index contributed by atoms with van der Waals surface area (Å²) in [6.45, 7) is 2.55. The van der Waals surface area contributed by atoms with Crippen LogP contribution in [0.1, 0.15) is 12.7 Å². The number of methoxy groups -OCH3 is 1. The molecule has 3 aromatic rings. The average Bonchev–Trinajstić information content (AvgIpc) is 2.72. The van der Waals surface area contributed by atoms with Gasteiger partial charge in [0.25, 0.3) is 11.5 Å². The monoisotopic (exact) mass is 459 g/mol. The van der Waals surface area contributed by atoms with Gasteiger partial charge in [-0.15, -0.1) is 0 Å². The summed E-state index contributed by atoms with van der Waals surface area (Å²) >= 11 is 3.37. The molecule has 1 heterocycles. The van der Waals surface area contributed by atoms with E-state index in [0.717, 1.165) is 4.47 Å². The van der Waals surface area contributed by atoms with E-state index in [0.29, 0.717) is 35.6 Å². The molecule has 29 heavy (non-hydrogen) atoms. The minimum Gasteiger partial charge on any atom is -0.481 e. The van der Waals surface area contributed by atoms with Gasteiger partial charge in [-0.25, -0.2) is 4.98 Å². The molecule has 0 aliphatic carbocycles. The number of halogens is 1. The molecule has 1 aromatic heterocycles. The molecule has 0 fully saturated rings. The molecular weight excluding hydrogens is 438 g/mol. The van der Waals surface area contributed by atoms with E-state index in [2.05, 4.69) is 25.9 Å². The zero-order chi connectivity index (χ0) is 20.8. The van der Waals surface area contributed by atoms with Crippen molar-refractivity contribution in [3.8, 4) is 5.75 Å². The fourth-order valence-corrected chi connectivity index (χ4v) is 3.15. The molecule has 0 radical (unpaired) electrons. The fourth-order valence-electron chi connectivity index (χ4n) is 2.88. The van der Waals surface area contributed by atoms with Gasteiger partial charge in [-0.05, 0) is 43.3 Å². The molecule has 3 rings (SSSR count). The summed E-state index contributed by atoms with van der Waals surface area (Å²) in [5, 5.41) is 0.512. The number of ether oxygens (including phenoxy) is 2. The Hall–Kier alpha value is -2.71. The molecule has 2 aromatic carbocycles. The largest absolute Gasteiger partial charge is 0.481 e. The van der Waals surface area contributed by atoms with Crippen molar-refractivity contribution >= 4 is 32.7 Å². The number of fused-ring (bicyclic) bond motifs is 1. The summed E-state index contributed by atoms with van der Waals surface area (Å²) in [6.07, 6.45) is -0.708. The third-order valence-electron chi connectivity index (χ3n) is 4.35. The maximum Gasteiger partial charge on any atom is 0.263 e. The number of para-hydroxylation sites is 1. The topological polar surface area (TPSA) is 84.5 Å². The number of rotatable bonds is 8. The molecule has 0 saturated heterocycles. The van der Waals surface area contributed by atoms with E-state index in [9.17, 15) is 9.59 Å². The highest BCUT2D eigenvalue weighted by Gasteiger charge is 2.23. The Bertz CT molecular complexity index is 1040. The molecule has 1 unspecified atom stereocenters. The van der Waals surface area contributed by atoms with Crippen molar-refractivity contribution < 1.29 is 14.3 Å². The van der Waals surface area contributed by atoms with Crippen molar-refractivity contribution in [2.45, 2.75) is 19.6 Å². The first-order valence-electron chi connectivity index (χ1n) is 9.16. The first-order chi connectivity index (χ1) is 14.0. The number of aromatic amines is 1. The van der Waals surface area contributed by atoms with Gasteiger partial charge in [0.1, 0.15) is 11.6 Å². The lowest BCUT2D eigenvalue weighted by Gasteiger charge is -2.25. The highest BCUT2D eigenvalue weighted by Crippen LogP contribution is 2.18. The Morgan fingerprint density at radius 2 is 1.93 bits per heavy atom. The van der Waals surface area contributed by atoms with Crippen molar-refractivity contribution in [2.75, 3.05) is 20.3 Å². The van der Waals surface area contributed by atoms with Crippen LogP contribution in [0.3, 0.4) is 0 Å². The van der Waals surface area contributed by atoms with Gasteiger partial charge in [0.2, 0.25) is 0 Å². The van der Waals surface area contributed by atoms with Gasteiger partial charge >= 0.3 is 0 Å². The second-order valence-corrected chi connectivity index (χ2v) is 7.41. The van der Waals surface area contributed by atoms with Crippen LogP contribution in [-0.2, 0) is 16.1 Å². The van der Waals surface area contributed by atoms with Gasteiger partial charge in [0, 0.05) is 18.1 Å². The van der Waals surface area contributed by atoms with E-state index >= 15 is 0 Å². The summed E-state index contributed by atoms with van der Waals surface area (Å²) in [7, 11) is 1.57. The number of nitrogens with one attached hydrogen (secondary N) is 1. The van der Waals surface area contributed by atoms with Crippen molar-refractivity contribution in [3.05, 3.63) is 69.2 Å². The van der Waals surface area contributed by atoms with Crippen molar-refractivity contribution in [1.29, 1.82) is 0 Å². The molecule has 1 atom stereocenters. The number of aromatic nitrogens is 2. The molecule has 1 amide bonds. The van der Waals surface area contributed by atoms with Crippen LogP contribution in [0, 0.1) is 0 Å². The van der Waals surface area contributed by atoms with Crippen molar-refractivity contribution in [3.63, 3.8) is 0 Å². The molecule has 0 aliphatic heterocycles. The Morgan fingerprint density at radius 3 is 2.66 bits per heavy atom. The highest BCUT2D eigenvalue weighted by molar-refractivity contribution is 9.10. The van der Waals surface area contributed by atoms with Gasteiger partial charge in [0.05, 0.1) is 24.1 Å². The van der Waals surface area contributed by atoms with E-state index < -0.39 is 6.10 Å². The molecule has 0 saturated carbocycles. The summed E-state index contributed by atoms with van der Waals surface area (Å²) in [5.41, 5.74) is 0.355. The lowest BCUT2D eigenvalue weighted by Crippen LogP contribution is -2.42. The number of hydrogen-bond acceptors (Lipinski definition) is 5. The molecule has 152 valence electrons. The van der Waals surface area contributed by atoms with E-state index in [4.69, 9.17) is 9.47 Å². The summed E-state index contributed by atoms with van der Waals surface area (Å²) in [5.74, 6) is 0.785. The van der Waals surface area contributed by atoms with Crippen molar-refractivity contribution in [1.82, 2.24) is 14.9 Å². The minimum absolute atomic E-state index is 0.149. The minimum atomic E-state index is -0.708. The van der Waals surface area contributed by atoms with Crippen LogP contribution >= 0.6 is 15.9 Å². The average molecular weight is 460 g/mol. The number of H-pyrrole nitrogens is 1. The fraction of sp³-hybridized carbons (Fsp3) is 0.286. The predicted molar refractivity (Wildman–Crippen MR) is 114 cm³/mol. The lowest BCUT2D eigenvalue weighted by molar-refractivity contribution is -0.139. The van der Waals surface area contributed by atoms with Crippen LogP contribution in [0.4, 0.5) is 0 Å². The number of hydrogen-bond donors (Lipinski definition) is 1. The molecular formula is C21H22BrN3O4. The van der Waals surface area contributed by atoms with Crippen LogP contribution in [0.15, 0.2) is 57.8 Å². The zero-order valence-corrected chi connectivity index (χ0v) is 17.8.